The number of thioether (sulfide) groups is 1. The summed E-state index contributed by atoms with van der Waals surface area (Å²) in [6.07, 6.45) is -1.68. The Labute approximate surface area is 197 Å². The quantitative estimate of drug-likeness (QED) is 0.242. The molecule has 3 rings (SSSR count). The molecule has 174 valence electrons. The van der Waals surface area contributed by atoms with Crippen LogP contribution in [0.3, 0.4) is 0 Å². The first-order chi connectivity index (χ1) is 15.9. The molecule has 0 radical (unpaired) electrons. The van der Waals surface area contributed by atoms with E-state index in [1.54, 1.807) is 0 Å². The number of carbonyl (C=O) groups excluding carboxylic acids is 1. The van der Waals surface area contributed by atoms with Crippen LogP contribution in [0.2, 0.25) is 0 Å². The number of nitrogens with one attached hydrogen (secondary N) is 1. The van der Waals surface area contributed by atoms with Crippen LogP contribution in [0, 0.1) is 0 Å². The van der Waals surface area contributed by atoms with Crippen molar-refractivity contribution in [1.29, 1.82) is 0 Å². The summed E-state index contributed by atoms with van der Waals surface area (Å²) in [5.41, 5.74) is 3.63. The van der Waals surface area contributed by atoms with Crippen LogP contribution in [-0.2, 0) is 9.54 Å². The Bertz CT molecular complexity index is 882. The van der Waals surface area contributed by atoms with Gasteiger partial charge in [0, 0.05) is 6.54 Å². The first-order valence-electron chi connectivity index (χ1n) is 11.1. The lowest BCUT2D eigenvalue weighted by Gasteiger charge is -2.35. The first-order valence-corrected chi connectivity index (χ1v) is 12.1. The van der Waals surface area contributed by atoms with E-state index in [1.807, 2.05) is 35.3 Å². The van der Waals surface area contributed by atoms with Crippen LogP contribution >= 0.6 is 11.8 Å². The van der Waals surface area contributed by atoms with E-state index in [4.69, 9.17) is 0 Å². The zero-order valence-electron chi connectivity index (χ0n) is 18.4. The van der Waals surface area contributed by atoms with Crippen molar-refractivity contribution in [1.82, 2.24) is 5.32 Å². The number of rotatable bonds is 11. The Morgan fingerprint density at radius 3 is 1.52 bits per heavy atom. The van der Waals surface area contributed by atoms with Crippen LogP contribution in [0.15, 0.2) is 91.0 Å². The average Bonchev–Trinajstić information content (AvgIpc) is 2.84. The van der Waals surface area contributed by atoms with Gasteiger partial charge in [0.25, 0.3) is 0 Å². The molecule has 0 spiro atoms. The van der Waals surface area contributed by atoms with E-state index in [2.05, 4.69) is 72.8 Å². The highest BCUT2D eigenvalue weighted by Gasteiger charge is 2.38. The highest BCUT2D eigenvalue weighted by Crippen LogP contribution is 2.48. The molecule has 0 aliphatic carbocycles. The van der Waals surface area contributed by atoms with Crippen LogP contribution < -0.4 is 5.32 Å². The number of benzene rings is 3. The lowest BCUT2D eigenvalue weighted by Crippen LogP contribution is -2.37. The number of unbranched alkanes of at least 4 members (excludes halogenated alkanes) is 3. The maximum atomic E-state index is 12.2. The van der Waals surface area contributed by atoms with Gasteiger partial charge in [0.1, 0.15) is 0 Å². The molecule has 0 unspecified atom stereocenters. The number of hydrogen-bond donors (Lipinski definition) is 1. The van der Waals surface area contributed by atoms with E-state index in [9.17, 15) is 18.0 Å². The van der Waals surface area contributed by atoms with Crippen LogP contribution in [0.25, 0.3) is 0 Å². The fraction of sp³-hybridized carbons (Fsp3) is 0.296. The molecular formula is C27H28F3NOS. The summed E-state index contributed by atoms with van der Waals surface area (Å²) < 4.78 is 36.4. The molecule has 0 fully saturated rings. The van der Waals surface area contributed by atoms with Gasteiger partial charge in [-0.2, -0.15) is 13.2 Å². The summed E-state index contributed by atoms with van der Waals surface area (Å²) in [7, 11) is 0. The lowest BCUT2D eigenvalue weighted by atomic mass is 9.84. The maximum absolute atomic E-state index is 12.2. The predicted octanol–water partition coefficient (Wildman–Crippen LogP) is 6.95. The fourth-order valence-electron chi connectivity index (χ4n) is 3.88. The van der Waals surface area contributed by atoms with Crippen molar-refractivity contribution < 1.29 is 18.0 Å². The minimum absolute atomic E-state index is 0.0491. The Kier molecular flexibility index (Phi) is 9.01. The van der Waals surface area contributed by atoms with Gasteiger partial charge in [-0.1, -0.05) is 104 Å². The van der Waals surface area contributed by atoms with Crippen LogP contribution in [-0.4, -0.2) is 24.4 Å². The third-order valence-electron chi connectivity index (χ3n) is 5.47. The molecule has 0 aromatic heterocycles. The molecule has 0 aliphatic rings. The van der Waals surface area contributed by atoms with E-state index in [0.29, 0.717) is 6.42 Å². The summed E-state index contributed by atoms with van der Waals surface area (Å²) in [6.45, 7) is 0.0491. The van der Waals surface area contributed by atoms with Gasteiger partial charge in [0.05, 0.1) is 4.75 Å². The topological polar surface area (TPSA) is 29.1 Å². The van der Waals surface area contributed by atoms with Crippen molar-refractivity contribution in [3.05, 3.63) is 108 Å². The standard InChI is InChI=1S/C27H28F3NOS/c28-27(29,30)25(32)31-20-12-1-2-13-21-33-26(22-14-6-3-7-15-22,23-16-8-4-9-17-23)24-18-10-5-11-19-24/h3-11,14-19H,1-2,12-13,20-21H2,(H,31,32). The van der Waals surface area contributed by atoms with E-state index in [1.165, 1.54) is 16.7 Å². The lowest BCUT2D eigenvalue weighted by molar-refractivity contribution is -0.173. The average molecular weight is 472 g/mol. The molecule has 2 nitrogen and oxygen atoms in total. The van der Waals surface area contributed by atoms with Crippen LogP contribution in [0.1, 0.15) is 42.4 Å². The van der Waals surface area contributed by atoms with Gasteiger partial charge >= 0.3 is 12.1 Å². The molecule has 6 heteroatoms. The molecule has 33 heavy (non-hydrogen) atoms. The minimum Gasteiger partial charge on any atom is -0.348 e. The Morgan fingerprint density at radius 2 is 1.09 bits per heavy atom. The van der Waals surface area contributed by atoms with Crippen molar-refractivity contribution in [2.75, 3.05) is 12.3 Å². The van der Waals surface area contributed by atoms with E-state index in [0.717, 1.165) is 25.0 Å². The van der Waals surface area contributed by atoms with Crippen LogP contribution in [0.5, 0.6) is 0 Å². The third-order valence-corrected chi connectivity index (χ3v) is 7.11. The monoisotopic (exact) mass is 471 g/mol. The second kappa shape index (κ2) is 11.9. The Balaban J connectivity index is 1.67. The summed E-state index contributed by atoms with van der Waals surface area (Å²) >= 11 is 1.88. The van der Waals surface area contributed by atoms with E-state index >= 15 is 0 Å². The van der Waals surface area contributed by atoms with Crippen molar-refractivity contribution in [3.63, 3.8) is 0 Å². The molecule has 0 bridgehead atoms. The van der Waals surface area contributed by atoms with Gasteiger partial charge in [-0.25, -0.2) is 0 Å². The minimum atomic E-state index is -4.81. The number of carbonyl (C=O) groups is 1. The van der Waals surface area contributed by atoms with Gasteiger partial charge < -0.3 is 5.32 Å². The molecule has 0 aliphatic heterocycles. The summed E-state index contributed by atoms with van der Waals surface area (Å²) in [6, 6.07) is 31.4. The second-order valence-corrected chi connectivity index (χ2v) is 9.10. The molecule has 0 atom stereocenters. The molecular weight excluding hydrogens is 443 g/mol. The first kappa shape index (κ1) is 24.9. The maximum Gasteiger partial charge on any atom is 0.471 e. The SMILES string of the molecule is O=C(NCCCCCCSC(c1ccccc1)(c1ccccc1)c1ccccc1)C(F)(F)F. The highest BCUT2D eigenvalue weighted by molar-refractivity contribution is 8.00. The number of hydrogen-bond acceptors (Lipinski definition) is 2. The molecule has 1 amide bonds. The Morgan fingerprint density at radius 1 is 0.667 bits per heavy atom. The third kappa shape index (κ3) is 6.64. The van der Waals surface area contributed by atoms with E-state index in [-0.39, 0.29) is 11.3 Å². The molecule has 3 aromatic carbocycles. The van der Waals surface area contributed by atoms with E-state index < -0.39 is 12.1 Å². The molecule has 1 N–H and O–H groups in total. The normalized spacial score (nSPS) is 11.8. The summed E-state index contributed by atoms with van der Waals surface area (Å²) in [5.74, 6) is -0.968. The van der Waals surface area contributed by atoms with Crippen molar-refractivity contribution >= 4 is 17.7 Å². The van der Waals surface area contributed by atoms with Gasteiger partial charge in [-0.05, 0) is 35.3 Å². The molecule has 0 saturated heterocycles. The predicted molar refractivity (Wildman–Crippen MR) is 129 cm³/mol. The van der Waals surface area contributed by atoms with Crippen molar-refractivity contribution in [2.45, 2.75) is 36.6 Å². The molecule has 0 saturated carbocycles. The van der Waals surface area contributed by atoms with Gasteiger partial charge in [0.15, 0.2) is 0 Å². The summed E-state index contributed by atoms with van der Waals surface area (Å²) in [4.78, 5) is 10.9. The molecule has 3 aromatic rings. The van der Waals surface area contributed by atoms with Gasteiger partial charge in [0.2, 0.25) is 0 Å². The van der Waals surface area contributed by atoms with Gasteiger partial charge in [-0.3, -0.25) is 4.79 Å². The summed E-state index contributed by atoms with van der Waals surface area (Å²) in [5, 5.41) is 1.93. The highest BCUT2D eigenvalue weighted by atomic mass is 32.2. The second-order valence-electron chi connectivity index (χ2n) is 7.80. The zero-order valence-corrected chi connectivity index (χ0v) is 19.2. The zero-order chi connectivity index (χ0) is 23.6. The Hall–Kier alpha value is -2.73. The number of halogens is 3. The van der Waals surface area contributed by atoms with Crippen LogP contribution in [0.4, 0.5) is 13.2 Å². The fourth-order valence-corrected chi connectivity index (χ4v) is 5.44. The van der Waals surface area contributed by atoms with Crippen molar-refractivity contribution in [3.8, 4) is 0 Å². The smallest absolute Gasteiger partial charge is 0.348 e. The van der Waals surface area contributed by atoms with Gasteiger partial charge in [-0.15, -0.1) is 11.8 Å². The largest absolute Gasteiger partial charge is 0.471 e. The number of alkyl halides is 3. The molecule has 0 heterocycles. The number of amides is 1. The van der Waals surface area contributed by atoms with Crippen molar-refractivity contribution in [2.24, 2.45) is 0 Å².